The van der Waals surface area contributed by atoms with E-state index in [1.165, 1.54) is 6.42 Å². The zero-order chi connectivity index (χ0) is 13.0. The van der Waals surface area contributed by atoms with Gasteiger partial charge in [0.05, 0.1) is 11.4 Å². The number of carbonyl (C=O) groups is 1. The minimum absolute atomic E-state index is 0.0563. The van der Waals surface area contributed by atoms with E-state index in [9.17, 15) is 9.90 Å². The second kappa shape index (κ2) is 6.25. The third kappa shape index (κ3) is 3.27. The van der Waals surface area contributed by atoms with Crippen molar-refractivity contribution in [3.8, 4) is 0 Å². The number of amides is 1. The number of para-hydroxylation sites is 1. The molecule has 1 aliphatic heterocycles. The molecule has 0 aliphatic carbocycles. The van der Waals surface area contributed by atoms with Crippen molar-refractivity contribution in [1.29, 1.82) is 0 Å². The van der Waals surface area contributed by atoms with Crippen LogP contribution in [0.3, 0.4) is 0 Å². The van der Waals surface area contributed by atoms with Gasteiger partial charge in [0.1, 0.15) is 0 Å². The maximum atomic E-state index is 12.1. The summed E-state index contributed by atoms with van der Waals surface area (Å²) < 4.78 is 0. The maximum absolute atomic E-state index is 12.1. The average molecular weight is 265 g/mol. The summed E-state index contributed by atoms with van der Waals surface area (Å²) in [4.78, 5) is 12.1. The van der Waals surface area contributed by atoms with Crippen molar-refractivity contribution >= 4 is 23.4 Å². The van der Waals surface area contributed by atoms with E-state index >= 15 is 0 Å². The second-order valence-corrected chi connectivity index (χ2v) is 5.92. The van der Waals surface area contributed by atoms with Crippen molar-refractivity contribution in [3.63, 3.8) is 0 Å². The van der Waals surface area contributed by atoms with E-state index in [1.807, 2.05) is 24.3 Å². The van der Waals surface area contributed by atoms with Crippen molar-refractivity contribution in [2.45, 2.75) is 37.5 Å². The number of benzene rings is 1. The lowest BCUT2D eigenvalue weighted by atomic mass is 10.1. The number of carbonyl (C=O) groups excluding carboxylic acids is 1. The SMILES string of the molecule is CC(O)c1ccccc1NC(=O)C1CCCCS1. The van der Waals surface area contributed by atoms with Gasteiger partial charge in [-0.2, -0.15) is 0 Å². The van der Waals surface area contributed by atoms with Gasteiger partial charge in [-0.15, -0.1) is 11.8 Å². The molecule has 0 spiro atoms. The first-order chi connectivity index (χ1) is 8.68. The van der Waals surface area contributed by atoms with Crippen LogP contribution in [0, 0.1) is 0 Å². The van der Waals surface area contributed by atoms with Gasteiger partial charge in [0, 0.05) is 11.3 Å². The lowest BCUT2D eigenvalue weighted by Crippen LogP contribution is -2.28. The first-order valence-electron chi connectivity index (χ1n) is 6.38. The molecule has 1 saturated heterocycles. The molecule has 0 radical (unpaired) electrons. The monoisotopic (exact) mass is 265 g/mol. The summed E-state index contributed by atoms with van der Waals surface area (Å²) in [7, 11) is 0. The molecule has 0 bridgehead atoms. The second-order valence-electron chi connectivity index (χ2n) is 4.61. The predicted octanol–water partition coefficient (Wildman–Crippen LogP) is 2.96. The summed E-state index contributed by atoms with van der Waals surface area (Å²) in [5.41, 5.74) is 1.50. The lowest BCUT2D eigenvalue weighted by molar-refractivity contribution is -0.115. The van der Waals surface area contributed by atoms with Crippen molar-refractivity contribution in [3.05, 3.63) is 29.8 Å². The van der Waals surface area contributed by atoms with Gasteiger partial charge in [-0.05, 0) is 31.6 Å². The zero-order valence-corrected chi connectivity index (χ0v) is 11.4. The number of rotatable bonds is 3. The molecule has 18 heavy (non-hydrogen) atoms. The van der Waals surface area contributed by atoms with E-state index in [4.69, 9.17) is 0 Å². The number of hydrogen-bond donors (Lipinski definition) is 2. The highest BCUT2D eigenvalue weighted by molar-refractivity contribution is 8.00. The van der Waals surface area contributed by atoms with Crippen LogP contribution in [-0.4, -0.2) is 22.0 Å². The Labute approximate surface area is 112 Å². The quantitative estimate of drug-likeness (QED) is 0.883. The first kappa shape index (κ1) is 13.4. The molecular formula is C14H19NO2S. The molecule has 2 unspecified atom stereocenters. The van der Waals surface area contributed by atoms with Gasteiger partial charge in [0.15, 0.2) is 0 Å². The maximum Gasteiger partial charge on any atom is 0.237 e. The van der Waals surface area contributed by atoms with Crippen LogP contribution in [0.15, 0.2) is 24.3 Å². The largest absolute Gasteiger partial charge is 0.389 e. The third-order valence-corrected chi connectivity index (χ3v) is 4.52. The molecular weight excluding hydrogens is 246 g/mol. The van der Waals surface area contributed by atoms with Crippen molar-refractivity contribution in [2.75, 3.05) is 11.1 Å². The molecule has 3 nitrogen and oxygen atoms in total. The van der Waals surface area contributed by atoms with Gasteiger partial charge < -0.3 is 10.4 Å². The van der Waals surface area contributed by atoms with Crippen LogP contribution in [0.2, 0.25) is 0 Å². The van der Waals surface area contributed by atoms with E-state index in [1.54, 1.807) is 18.7 Å². The van der Waals surface area contributed by atoms with Crippen LogP contribution in [0.1, 0.15) is 37.9 Å². The summed E-state index contributed by atoms with van der Waals surface area (Å²) in [6.45, 7) is 1.71. The fourth-order valence-electron chi connectivity index (χ4n) is 2.14. The highest BCUT2D eigenvalue weighted by Gasteiger charge is 2.22. The number of aliphatic hydroxyl groups excluding tert-OH is 1. The summed E-state index contributed by atoms with van der Waals surface area (Å²) in [6.07, 6.45) is 2.72. The summed E-state index contributed by atoms with van der Waals surface area (Å²) in [6, 6.07) is 7.42. The molecule has 2 N–H and O–H groups in total. The highest BCUT2D eigenvalue weighted by Crippen LogP contribution is 2.28. The van der Waals surface area contributed by atoms with Crippen LogP contribution in [0.4, 0.5) is 5.69 Å². The molecule has 1 aromatic rings. The molecule has 1 fully saturated rings. The third-order valence-electron chi connectivity index (χ3n) is 3.14. The molecule has 0 aromatic heterocycles. The Hall–Kier alpha value is -1.000. The van der Waals surface area contributed by atoms with Gasteiger partial charge in [-0.25, -0.2) is 0 Å². The topological polar surface area (TPSA) is 49.3 Å². The van der Waals surface area contributed by atoms with E-state index in [-0.39, 0.29) is 11.2 Å². The van der Waals surface area contributed by atoms with E-state index in [0.717, 1.165) is 29.8 Å². The number of aliphatic hydroxyl groups is 1. The van der Waals surface area contributed by atoms with Crippen LogP contribution < -0.4 is 5.32 Å². The Morgan fingerprint density at radius 2 is 2.22 bits per heavy atom. The average Bonchev–Trinajstić information content (AvgIpc) is 2.40. The lowest BCUT2D eigenvalue weighted by Gasteiger charge is -2.21. The minimum Gasteiger partial charge on any atom is -0.389 e. The van der Waals surface area contributed by atoms with Crippen LogP contribution in [0.5, 0.6) is 0 Å². The number of thioether (sulfide) groups is 1. The van der Waals surface area contributed by atoms with Gasteiger partial charge in [-0.3, -0.25) is 4.79 Å². The van der Waals surface area contributed by atoms with Crippen LogP contribution >= 0.6 is 11.8 Å². The van der Waals surface area contributed by atoms with Crippen molar-refractivity contribution in [2.24, 2.45) is 0 Å². The van der Waals surface area contributed by atoms with Gasteiger partial charge in [0.2, 0.25) is 5.91 Å². The Morgan fingerprint density at radius 1 is 1.44 bits per heavy atom. The van der Waals surface area contributed by atoms with Gasteiger partial charge in [0.25, 0.3) is 0 Å². The molecule has 98 valence electrons. The Balaban J connectivity index is 2.06. The summed E-state index contributed by atoms with van der Waals surface area (Å²) in [5, 5.41) is 12.7. The molecule has 0 saturated carbocycles. The molecule has 1 aliphatic rings. The Kier molecular flexibility index (Phi) is 4.66. The zero-order valence-electron chi connectivity index (χ0n) is 10.6. The molecule has 4 heteroatoms. The minimum atomic E-state index is -0.569. The van der Waals surface area contributed by atoms with E-state index in [2.05, 4.69) is 5.32 Å². The summed E-state index contributed by atoms with van der Waals surface area (Å²) in [5.74, 6) is 1.13. The van der Waals surface area contributed by atoms with Crippen LogP contribution in [0.25, 0.3) is 0 Å². The van der Waals surface area contributed by atoms with Crippen LogP contribution in [-0.2, 0) is 4.79 Å². The molecule has 1 aromatic carbocycles. The fraction of sp³-hybridized carbons (Fsp3) is 0.500. The van der Waals surface area contributed by atoms with E-state index < -0.39 is 6.10 Å². The van der Waals surface area contributed by atoms with E-state index in [0.29, 0.717) is 0 Å². The number of hydrogen-bond acceptors (Lipinski definition) is 3. The van der Waals surface area contributed by atoms with Gasteiger partial charge >= 0.3 is 0 Å². The number of anilines is 1. The van der Waals surface area contributed by atoms with Gasteiger partial charge in [-0.1, -0.05) is 24.6 Å². The predicted molar refractivity (Wildman–Crippen MR) is 75.8 cm³/mol. The number of nitrogens with one attached hydrogen (secondary N) is 1. The highest BCUT2D eigenvalue weighted by atomic mass is 32.2. The standard InChI is InChI=1S/C14H19NO2S/c1-10(16)11-6-2-3-7-12(11)15-14(17)13-8-4-5-9-18-13/h2-3,6-7,10,13,16H,4-5,8-9H2,1H3,(H,15,17). The normalized spacial score (nSPS) is 21.3. The molecule has 1 heterocycles. The molecule has 2 rings (SSSR count). The Morgan fingerprint density at radius 3 is 2.89 bits per heavy atom. The molecule has 2 atom stereocenters. The molecule has 1 amide bonds. The Bertz CT molecular complexity index is 414. The van der Waals surface area contributed by atoms with Crippen molar-refractivity contribution < 1.29 is 9.90 Å². The fourth-order valence-corrected chi connectivity index (χ4v) is 3.33. The van der Waals surface area contributed by atoms with Crippen molar-refractivity contribution in [1.82, 2.24) is 0 Å². The first-order valence-corrected chi connectivity index (χ1v) is 7.43. The summed E-state index contributed by atoms with van der Waals surface area (Å²) >= 11 is 1.73. The smallest absolute Gasteiger partial charge is 0.237 e.